The highest BCUT2D eigenvalue weighted by Crippen LogP contribution is 2.36. The smallest absolute Gasteiger partial charge is 0.191 e. The molecule has 122 valence electrons. The van der Waals surface area contributed by atoms with E-state index in [0.29, 0.717) is 30.2 Å². The van der Waals surface area contributed by atoms with Crippen LogP contribution in [0.5, 0.6) is 5.75 Å². The first-order valence-electron chi connectivity index (χ1n) is 7.31. The average Bonchev–Trinajstić information content (AvgIpc) is 3.07. The van der Waals surface area contributed by atoms with E-state index in [1.165, 1.54) is 12.3 Å². The van der Waals surface area contributed by atoms with Gasteiger partial charge in [-0.2, -0.15) is 0 Å². The molecule has 4 rings (SSSR count). The Bertz CT molecular complexity index is 849. The highest BCUT2D eigenvalue weighted by Gasteiger charge is 2.31. The van der Waals surface area contributed by atoms with Gasteiger partial charge in [0.05, 0.1) is 12.2 Å². The average molecular weight is 343 g/mol. The van der Waals surface area contributed by atoms with Gasteiger partial charge in [0.15, 0.2) is 5.78 Å². The standard InChI is InChI=1S/C17H14N4O2.ClH/c22-13-5-1-4-12-16(13)20-15(21-8-7-19-17(12)21)9-14(23)11-3-2-6-18-10-11;/h1-6,9-10,20,22H,7-8H2;1H. The summed E-state index contributed by atoms with van der Waals surface area (Å²) in [7, 11) is 0. The molecule has 0 saturated heterocycles. The van der Waals surface area contributed by atoms with Crippen molar-refractivity contribution in [3.63, 3.8) is 0 Å². The Morgan fingerprint density at radius 3 is 2.96 bits per heavy atom. The number of carbonyl (C=O) groups is 1. The highest BCUT2D eigenvalue weighted by atomic mass is 35.5. The second-order valence-corrected chi connectivity index (χ2v) is 5.32. The molecule has 24 heavy (non-hydrogen) atoms. The molecule has 2 aliphatic rings. The van der Waals surface area contributed by atoms with E-state index in [1.807, 2.05) is 11.0 Å². The van der Waals surface area contributed by atoms with Crippen molar-refractivity contribution in [2.75, 3.05) is 18.4 Å². The Balaban J connectivity index is 0.00000169. The molecule has 7 heteroatoms. The van der Waals surface area contributed by atoms with Gasteiger partial charge in [-0.05, 0) is 24.3 Å². The Kier molecular flexibility index (Phi) is 4.22. The molecule has 0 saturated carbocycles. The van der Waals surface area contributed by atoms with Gasteiger partial charge >= 0.3 is 0 Å². The number of hydrogen-bond acceptors (Lipinski definition) is 6. The minimum absolute atomic E-state index is 0. The molecule has 0 aliphatic carbocycles. The van der Waals surface area contributed by atoms with Crippen molar-refractivity contribution >= 4 is 29.7 Å². The predicted octanol–water partition coefficient (Wildman–Crippen LogP) is 2.42. The van der Waals surface area contributed by atoms with E-state index < -0.39 is 0 Å². The van der Waals surface area contributed by atoms with E-state index >= 15 is 0 Å². The van der Waals surface area contributed by atoms with Crippen LogP contribution < -0.4 is 5.32 Å². The van der Waals surface area contributed by atoms with Crippen LogP contribution in [-0.2, 0) is 0 Å². The Morgan fingerprint density at radius 1 is 1.29 bits per heavy atom. The number of carbonyl (C=O) groups excluding carboxylic acids is 1. The first kappa shape index (κ1) is 16.0. The minimum Gasteiger partial charge on any atom is -0.506 e. The molecule has 2 aromatic rings. The molecule has 0 spiro atoms. The lowest BCUT2D eigenvalue weighted by Gasteiger charge is -2.31. The van der Waals surface area contributed by atoms with E-state index in [1.54, 1.807) is 30.5 Å². The zero-order chi connectivity index (χ0) is 15.8. The third-order valence-electron chi connectivity index (χ3n) is 3.88. The van der Waals surface area contributed by atoms with Crippen LogP contribution in [0.3, 0.4) is 0 Å². The van der Waals surface area contributed by atoms with Crippen LogP contribution in [0.15, 0.2) is 59.6 Å². The van der Waals surface area contributed by atoms with Gasteiger partial charge in [0.2, 0.25) is 0 Å². The molecule has 1 aromatic carbocycles. The number of aromatic hydroxyl groups is 1. The molecule has 0 atom stereocenters. The summed E-state index contributed by atoms with van der Waals surface area (Å²) in [4.78, 5) is 22.8. The quantitative estimate of drug-likeness (QED) is 0.498. The van der Waals surface area contributed by atoms with Crippen LogP contribution in [0, 0.1) is 0 Å². The van der Waals surface area contributed by atoms with Crippen LogP contribution in [0.1, 0.15) is 15.9 Å². The number of phenols is 1. The first-order valence-corrected chi connectivity index (χ1v) is 7.31. The largest absolute Gasteiger partial charge is 0.506 e. The topological polar surface area (TPSA) is 77.8 Å². The molecular weight excluding hydrogens is 328 g/mol. The third kappa shape index (κ3) is 2.61. The lowest BCUT2D eigenvalue weighted by Crippen LogP contribution is -2.36. The molecule has 3 heterocycles. The number of anilines is 1. The Labute approximate surface area is 145 Å². The lowest BCUT2D eigenvalue weighted by molar-refractivity contribution is 0.104. The molecule has 6 nitrogen and oxygen atoms in total. The van der Waals surface area contributed by atoms with E-state index in [2.05, 4.69) is 15.3 Å². The number of allylic oxidation sites excluding steroid dienone is 1. The second-order valence-electron chi connectivity index (χ2n) is 5.32. The Hall–Kier alpha value is -2.86. The molecule has 0 bridgehead atoms. The van der Waals surface area contributed by atoms with Crippen molar-refractivity contribution < 1.29 is 9.90 Å². The summed E-state index contributed by atoms with van der Waals surface area (Å²) in [5.41, 5.74) is 1.94. The number of aromatic nitrogens is 1. The highest BCUT2D eigenvalue weighted by molar-refractivity contribution is 6.11. The number of benzene rings is 1. The zero-order valence-corrected chi connectivity index (χ0v) is 13.5. The first-order chi connectivity index (χ1) is 11.2. The van der Waals surface area contributed by atoms with Crippen molar-refractivity contribution in [2.24, 2.45) is 4.99 Å². The number of para-hydroxylation sites is 1. The van der Waals surface area contributed by atoms with Crippen LogP contribution in [0.4, 0.5) is 5.69 Å². The van der Waals surface area contributed by atoms with Gasteiger partial charge in [-0.3, -0.25) is 14.8 Å². The van der Waals surface area contributed by atoms with Gasteiger partial charge in [-0.25, -0.2) is 0 Å². The SMILES string of the molecule is Cl.O=C(C=C1Nc2c(O)cccc2C2=NCCN12)c1cccnc1. The summed E-state index contributed by atoms with van der Waals surface area (Å²) < 4.78 is 0. The van der Waals surface area contributed by atoms with Crippen molar-refractivity contribution in [1.29, 1.82) is 0 Å². The fourth-order valence-electron chi connectivity index (χ4n) is 2.80. The summed E-state index contributed by atoms with van der Waals surface area (Å²) in [6.07, 6.45) is 4.68. The summed E-state index contributed by atoms with van der Waals surface area (Å²) in [5.74, 6) is 1.38. The van der Waals surface area contributed by atoms with Crippen LogP contribution in [0.25, 0.3) is 0 Å². The molecule has 0 fully saturated rings. The fraction of sp³-hybridized carbons (Fsp3) is 0.118. The van der Waals surface area contributed by atoms with Crippen molar-refractivity contribution in [3.8, 4) is 5.75 Å². The van der Waals surface area contributed by atoms with Crippen molar-refractivity contribution in [3.05, 3.63) is 65.7 Å². The van der Waals surface area contributed by atoms with Gasteiger partial charge in [0.1, 0.15) is 17.4 Å². The summed E-state index contributed by atoms with van der Waals surface area (Å²) in [5, 5.41) is 13.2. The maximum atomic E-state index is 12.4. The number of rotatable bonds is 2. The van der Waals surface area contributed by atoms with E-state index in [9.17, 15) is 9.90 Å². The number of nitrogens with zero attached hydrogens (tertiary/aromatic N) is 3. The van der Waals surface area contributed by atoms with Gasteiger partial charge in [0, 0.05) is 36.1 Å². The lowest BCUT2D eigenvalue weighted by atomic mass is 10.1. The maximum Gasteiger partial charge on any atom is 0.191 e. The number of nitrogens with one attached hydrogen (secondary N) is 1. The van der Waals surface area contributed by atoms with Gasteiger partial charge in [0.25, 0.3) is 0 Å². The number of aliphatic imine (C=N–C) groups is 1. The zero-order valence-electron chi connectivity index (χ0n) is 12.6. The molecule has 0 radical (unpaired) electrons. The normalized spacial score (nSPS) is 16.6. The Morgan fingerprint density at radius 2 is 2.17 bits per heavy atom. The van der Waals surface area contributed by atoms with Crippen LogP contribution >= 0.6 is 12.4 Å². The van der Waals surface area contributed by atoms with E-state index in [0.717, 1.165) is 11.4 Å². The number of pyridine rings is 1. The summed E-state index contributed by atoms with van der Waals surface area (Å²) in [6, 6.07) is 8.74. The predicted molar refractivity (Wildman–Crippen MR) is 93.7 cm³/mol. The van der Waals surface area contributed by atoms with Crippen LogP contribution in [-0.4, -0.2) is 39.7 Å². The van der Waals surface area contributed by atoms with E-state index in [-0.39, 0.29) is 23.9 Å². The van der Waals surface area contributed by atoms with Gasteiger partial charge in [-0.1, -0.05) is 6.07 Å². The monoisotopic (exact) mass is 342 g/mol. The number of fused-ring (bicyclic) bond motifs is 3. The molecule has 0 amide bonds. The van der Waals surface area contributed by atoms with Gasteiger partial charge in [-0.15, -0.1) is 12.4 Å². The minimum atomic E-state index is -0.147. The second kappa shape index (κ2) is 6.33. The number of hydrogen-bond donors (Lipinski definition) is 2. The van der Waals surface area contributed by atoms with Gasteiger partial charge < -0.3 is 15.3 Å². The fourth-order valence-corrected chi connectivity index (χ4v) is 2.80. The van der Waals surface area contributed by atoms with Crippen molar-refractivity contribution in [2.45, 2.75) is 0 Å². The number of phenolic OH excluding ortho intramolecular Hbond substituents is 1. The molecule has 2 N–H and O–H groups in total. The maximum absolute atomic E-state index is 12.4. The van der Waals surface area contributed by atoms with E-state index in [4.69, 9.17) is 0 Å². The van der Waals surface area contributed by atoms with Crippen molar-refractivity contribution in [1.82, 2.24) is 9.88 Å². The molecule has 1 aromatic heterocycles. The number of ketones is 1. The van der Waals surface area contributed by atoms with Crippen LogP contribution in [0.2, 0.25) is 0 Å². The molecule has 2 aliphatic heterocycles. The summed E-state index contributed by atoms with van der Waals surface area (Å²) in [6.45, 7) is 1.36. The number of amidine groups is 1. The third-order valence-corrected chi connectivity index (χ3v) is 3.88. The molecular formula is C17H15ClN4O2. The molecule has 0 unspecified atom stereocenters. The number of halogens is 1. The summed E-state index contributed by atoms with van der Waals surface area (Å²) >= 11 is 0.